The van der Waals surface area contributed by atoms with E-state index in [-0.39, 0.29) is 10.6 Å². The van der Waals surface area contributed by atoms with Crippen molar-refractivity contribution in [3.05, 3.63) is 38.9 Å². The van der Waals surface area contributed by atoms with Gasteiger partial charge in [-0.3, -0.25) is 10.1 Å². The third-order valence-corrected chi connectivity index (χ3v) is 4.27. The number of nitro groups is 1. The highest BCUT2D eigenvalue weighted by molar-refractivity contribution is 6.30. The van der Waals surface area contributed by atoms with Crippen molar-refractivity contribution in [3.63, 3.8) is 0 Å². The molecule has 1 aliphatic carbocycles. The van der Waals surface area contributed by atoms with Crippen molar-refractivity contribution >= 4 is 17.3 Å². The first-order chi connectivity index (χ1) is 9.56. The van der Waals surface area contributed by atoms with Gasteiger partial charge < -0.3 is 5.32 Å². The Kier molecular flexibility index (Phi) is 5.38. The van der Waals surface area contributed by atoms with Crippen LogP contribution in [0.15, 0.2) is 18.2 Å². The lowest BCUT2D eigenvalue weighted by molar-refractivity contribution is -0.385. The van der Waals surface area contributed by atoms with E-state index in [1.807, 2.05) is 0 Å². The molecule has 2 unspecified atom stereocenters. The summed E-state index contributed by atoms with van der Waals surface area (Å²) < 4.78 is 0. The van der Waals surface area contributed by atoms with E-state index in [2.05, 4.69) is 12.2 Å². The maximum absolute atomic E-state index is 11.0. The Hall–Kier alpha value is -1.13. The average Bonchev–Trinajstić information content (AvgIpc) is 2.40. The van der Waals surface area contributed by atoms with E-state index in [4.69, 9.17) is 11.6 Å². The van der Waals surface area contributed by atoms with Crippen LogP contribution in [-0.4, -0.2) is 11.5 Å². The van der Waals surface area contributed by atoms with E-state index in [0.717, 1.165) is 12.5 Å². The molecule has 20 heavy (non-hydrogen) atoms. The Balaban J connectivity index is 1.89. The lowest BCUT2D eigenvalue weighted by atomic mass is 9.82. The molecule has 1 saturated carbocycles. The molecule has 1 N–H and O–H groups in total. The van der Waals surface area contributed by atoms with Gasteiger partial charge in [-0.25, -0.2) is 0 Å². The highest BCUT2D eigenvalue weighted by atomic mass is 35.5. The summed E-state index contributed by atoms with van der Waals surface area (Å²) in [6, 6.07) is 4.85. The van der Waals surface area contributed by atoms with Crippen LogP contribution >= 0.6 is 11.6 Å². The largest absolute Gasteiger partial charge is 0.312 e. The number of halogens is 1. The number of hydrogen-bond donors (Lipinski definition) is 1. The molecule has 1 aliphatic rings. The highest BCUT2D eigenvalue weighted by Gasteiger charge is 2.19. The van der Waals surface area contributed by atoms with Crippen LogP contribution in [0.1, 0.15) is 38.2 Å². The standard InChI is InChI=1S/C15H21ClN2O2/c1-11-3-2-4-12(7-11)9-17-10-13-5-6-14(16)8-15(13)18(19)20/h5-6,8,11-12,17H,2-4,7,9-10H2,1H3. The molecule has 5 heteroatoms. The van der Waals surface area contributed by atoms with Gasteiger partial charge in [0.15, 0.2) is 0 Å². The summed E-state index contributed by atoms with van der Waals surface area (Å²) in [6.45, 7) is 3.76. The molecule has 0 spiro atoms. The second kappa shape index (κ2) is 7.04. The molecular formula is C15H21ClN2O2. The zero-order chi connectivity index (χ0) is 14.5. The van der Waals surface area contributed by atoms with Crippen LogP contribution in [0, 0.1) is 22.0 Å². The average molecular weight is 297 g/mol. The second-order valence-electron chi connectivity index (χ2n) is 5.80. The second-order valence-corrected chi connectivity index (χ2v) is 6.24. The first kappa shape index (κ1) is 15.3. The van der Waals surface area contributed by atoms with E-state index in [1.54, 1.807) is 12.1 Å². The van der Waals surface area contributed by atoms with Crippen molar-refractivity contribution in [1.29, 1.82) is 0 Å². The van der Waals surface area contributed by atoms with Crippen molar-refractivity contribution in [1.82, 2.24) is 5.32 Å². The first-order valence-corrected chi connectivity index (χ1v) is 7.57. The molecule has 0 amide bonds. The smallest absolute Gasteiger partial charge is 0.275 e. The highest BCUT2D eigenvalue weighted by Crippen LogP contribution is 2.28. The molecular weight excluding hydrogens is 276 g/mol. The lowest BCUT2D eigenvalue weighted by Crippen LogP contribution is -2.26. The van der Waals surface area contributed by atoms with Crippen LogP contribution in [-0.2, 0) is 6.54 Å². The fourth-order valence-electron chi connectivity index (χ4n) is 3.01. The maximum Gasteiger partial charge on any atom is 0.275 e. The van der Waals surface area contributed by atoms with Gasteiger partial charge in [-0.05, 0) is 43.4 Å². The minimum Gasteiger partial charge on any atom is -0.312 e. The zero-order valence-electron chi connectivity index (χ0n) is 11.8. The molecule has 0 heterocycles. The van der Waals surface area contributed by atoms with Gasteiger partial charge in [0.05, 0.1) is 4.92 Å². The number of nitro benzene ring substituents is 1. The van der Waals surface area contributed by atoms with Gasteiger partial charge in [0.1, 0.15) is 0 Å². The molecule has 0 aliphatic heterocycles. The Labute approximate surface area is 124 Å². The number of rotatable bonds is 5. The Morgan fingerprint density at radius 1 is 1.45 bits per heavy atom. The van der Waals surface area contributed by atoms with Gasteiger partial charge in [0.2, 0.25) is 0 Å². The van der Waals surface area contributed by atoms with Crippen LogP contribution in [0.4, 0.5) is 5.69 Å². The molecule has 1 aromatic carbocycles. The molecule has 0 saturated heterocycles. The fraction of sp³-hybridized carbons (Fsp3) is 0.600. The normalized spacial score (nSPS) is 22.7. The fourth-order valence-corrected chi connectivity index (χ4v) is 3.18. The third-order valence-electron chi connectivity index (χ3n) is 4.04. The van der Waals surface area contributed by atoms with Crippen LogP contribution < -0.4 is 5.32 Å². The van der Waals surface area contributed by atoms with Crippen LogP contribution in [0.2, 0.25) is 5.02 Å². The van der Waals surface area contributed by atoms with E-state index in [9.17, 15) is 10.1 Å². The predicted octanol–water partition coefficient (Wildman–Crippen LogP) is 4.16. The molecule has 2 atom stereocenters. The summed E-state index contributed by atoms with van der Waals surface area (Å²) in [5.74, 6) is 1.51. The van der Waals surface area contributed by atoms with E-state index in [1.165, 1.54) is 31.7 Å². The van der Waals surface area contributed by atoms with E-state index >= 15 is 0 Å². The van der Waals surface area contributed by atoms with Crippen molar-refractivity contribution < 1.29 is 4.92 Å². The summed E-state index contributed by atoms with van der Waals surface area (Å²) in [5.41, 5.74) is 0.797. The Morgan fingerprint density at radius 3 is 2.95 bits per heavy atom. The summed E-state index contributed by atoms with van der Waals surface area (Å²) in [4.78, 5) is 10.6. The maximum atomic E-state index is 11.0. The number of nitrogens with one attached hydrogen (secondary N) is 1. The number of nitrogens with zero attached hydrogens (tertiary/aromatic N) is 1. The molecule has 0 radical (unpaired) electrons. The topological polar surface area (TPSA) is 55.2 Å². The zero-order valence-corrected chi connectivity index (χ0v) is 12.5. The van der Waals surface area contributed by atoms with Crippen molar-refractivity contribution in [2.45, 2.75) is 39.2 Å². The van der Waals surface area contributed by atoms with Gasteiger partial charge in [-0.2, -0.15) is 0 Å². The molecule has 0 bridgehead atoms. The van der Waals surface area contributed by atoms with Gasteiger partial charge >= 0.3 is 0 Å². The lowest BCUT2D eigenvalue weighted by Gasteiger charge is -2.26. The third kappa shape index (κ3) is 4.18. The van der Waals surface area contributed by atoms with E-state index < -0.39 is 0 Å². The van der Waals surface area contributed by atoms with Gasteiger partial charge in [-0.1, -0.05) is 31.4 Å². The monoisotopic (exact) mass is 296 g/mol. The Morgan fingerprint density at radius 2 is 2.25 bits per heavy atom. The molecule has 0 aromatic heterocycles. The van der Waals surface area contributed by atoms with Crippen LogP contribution in [0.25, 0.3) is 0 Å². The number of benzene rings is 1. The van der Waals surface area contributed by atoms with Crippen molar-refractivity contribution in [3.8, 4) is 0 Å². The minimum absolute atomic E-state index is 0.0991. The summed E-state index contributed by atoms with van der Waals surface area (Å²) >= 11 is 5.81. The molecule has 2 rings (SSSR count). The SMILES string of the molecule is CC1CCCC(CNCc2ccc(Cl)cc2[N+](=O)[O-])C1. The van der Waals surface area contributed by atoms with E-state index in [0.29, 0.717) is 23.0 Å². The van der Waals surface area contributed by atoms with Gasteiger partial charge in [0, 0.05) is 23.2 Å². The van der Waals surface area contributed by atoms with Crippen molar-refractivity contribution in [2.75, 3.05) is 6.54 Å². The first-order valence-electron chi connectivity index (χ1n) is 7.20. The van der Waals surface area contributed by atoms with Crippen molar-refractivity contribution in [2.24, 2.45) is 11.8 Å². The minimum atomic E-state index is -0.369. The summed E-state index contributed by atoms with van der Waals surface area (Å²) in [5, 5.41) is 14.8. The molecule has 1 fully saturated rings. The molecule has 1 aromatic rings. The summed E-state index contributed by atoms with van der Waals surface area (Å²) in [6.07, 6.45) is 5.16. The molecule has 4 nitrogen and oxygen atoms in total. The quantitative estimate of drug-likeness (QED) is 0.655. The number of hydrogen-bond acceptors (Lipinski definition) is 3. The molecule has 110 valence electrons. The van der Waals surface area contributed by atoms with Crippen LogP contribution in [0.3, 0.4) is 0 Å². The Bertz CT molecular complexity index is 479. The predicted molar refractivity (Wildman–Crippen MR) is 80.9 cm³/mol. The van der Waals surface area contributed by atoms with Gasteiger partial charge in [-0.15, -0.1) is 0 Å². The summed E-state index contributed by atoms with van der Waals surface area (Å²) in [7, 11) is 0. The van der Waals surface area contributed by atoms with Crippen LogP contribution in [0.5, 0.6) is 0 Å². The van der Waals surface area contributed by atoms with Gasteiger partial charge in [0.25, 0.3) is 5.69 Å².